The zero-order valence-corrected chi connectivity index (χ0v) is 19.9. The lowest BCUT2D eigenvalue weighted by Crippen LogP contribution is -2.38. The molecule has 3 rings (SSSR count). The Hall–Kier alpha value is -3.10. The highest BCUT2D eigenvalue weighted by molar-refractivity contribution is 6.46. The highest BCUT2D eigenvalue weighted by atomic mass is 35.5. The third kappa shape index (κ3) is 4.82. The van der Waals surface area contributed by atoms with Gasteiger partial charge in [-0.2, -0.15) is 0 Å². The minimum absolute atomic E-state index is 0.0229. The van der Waals surface area contributed by atoms with Crippen LogP contribution in [-0.2, 0) is 9.59 Å². The Kier molecular flexibility index (Phi) is 7.94. The zero-order valence-electron chi connectivity index (χ0n) is 19.2. The van der Waals surface area contributed by atoms with E-state index in [-0.39, 0.29) is 27.7 Å². The second kappa shape index (κ2) is 10.7. The van der Waals surface area contributed by atoms with Crippen molar-refractivity contribution in [3.8, 4) is 11.5 Å². The monoisotopic (exact) mass is 473 g/mol. The van der Waals surface area contributed by atoms with Gasteiger partial charge in [0.05, 0.1) is 36.4 Å². The molecule has 2 heterocycles. The number of aromatic nitrogens is 1. The van der Waals surface area contributed by atoms with Gasteiger partial charge in [-0.3, -0.25) is 14.6 Å². The highest BCUT2D eigenvalue weighted by Crippen LogP contribution is 2.42. The van der Waals surface area contributed by atoms with Gasteiger partial charge >= 0.3 is 0 Å². The lowest BCUT2D eigenvalue weighted by molar-refractivity contribution is -0.140. The number of hydrogen-bond donors (Lipinski definition) is 1. The summed E-state index contributed by atoms with van der Waals surface area (Å²) in [4.78, 5) is 33.9. The van der Waals surface area contributed by atoms with E-state index in [2.05, 4.69) is 9.88 Å². The summed E-state index contributed by atoms with van der Waals surface area (Å²) in [5.41, 5.74) is 0.846. The van der Waals surface area contributed by atoms with Crippen molar-refractivity contribution >= 4 is 29.1 Å². The first kappa shape index (κ1) is 24.5. The van der Waals surface area contributed by atoms with Gasteiger partial charge in [-0.25, -0.2) is 0 Å². The van der Waals surface area contributed by atoms with Gasteiger partial charge in [0.15, 0.2) is 0 Å². The van der Waals surface area contributed by atoms with Crippen molar-refractivity contribution in [2.24, 2.45) is 0 Å². The second-order valence-corrected chi connectivity index (χ2v) is 7.89. The molecule has 1 unspecified atom stereocenters. The number of aliphatic hydroxyl groups excluding tert-OH is 1. The normalized spacial score (nSPS) is 17.6. The predicted molar refractivity (Wildman–Crippen MR) is 126 cm³/mol. The summed E-state index contributed by atoms with van der Waals surface area (Å²) < 4.78 is 10.6. The van der Waals surface area contributed by atoms with Crippen molar-refractivity contribution in [2.75, 3.05) is 40.4 Å². The standard InChI is InChI=1S/C24H28ClN3O5/c1-5-27(6-2)11-12-28-21(15-7-9-26-10-8-15)20(23(30)24(28)31)22(29)16-13-17(25)19(33-4)14-18(16)32-3/h7-10,13-14,21,29H,5-6,11-12H2,1-4H3/b22-20+. The van der Waals surface area contributed by atoms with Crippen LogP contribution in [0.25, 0.3) is 5.76 Å². The third-order valence-electron chi connectivity index (χ3n) is 5.84. The van der Waals surface area contributed by atoms with Crippen LogP contribution in [0.5, 0.6) is 11.5 Å². The molecule has 0 spiro atoms. The number of likely N-dealkylation sites (tertiary alicyclic amines) is 1. The number of benzene rings is 1. The predicted octanol–water partition coefficient (Wildman–Crippen LogP) is 3.52. The van der Waals surface area contributed by atoms with Gasteiger partial charge in [0.1, 0.15) is 17.3 Å². The lowest BCUT2D eigenvalue weighted by Gasteiger charge is -2.28. The molecule has 1 aliphatic rings. The first-order valence-corrected chi connectivity index (χ1v) is 11.1. The number of nitrogens with zero attached hydrogens (tertiary/aromatic N) is 3. The molecule has 1 aromatic heterocycles. The van der Waals surface area contributed by atoms with Gasteiger partial charge in [0, 0.05) is 31.5 Å². The van der Waals surface area contributed by atoms with Crippen LogP contribution in [-0.4, -0.2) is 72.0 Å². The number of pyridine rings is 1. The molecular formula is C24H28ClN3O5. The van der Waals surface area contributed by atoms with E-state index in [1.165, 1.54) is 31.3 Å². The maximum absolute atomic E-state index is 13.2. The van der Waals surface area contributed by atoms with Crippen molar-refractivity contribution in [3.05, 3.63) is 58.4 Å². The summed E-state index contributed by atoms with van der Waals surface area (Å²) in [5, 5.41) is 11.5. The van der Waals surface area contributed by atoms with Crippen LogP contribution < -0.4 is 9.47 Å². The molecule has 2 aromatic rings. The number of hydrogen-bond acceptors (Lipinski definition) is 7. The average molecular weight is 474 g/mol. The average Bonchev–Trinajstić information content (AvgIpc) is 3.09. The Morgan fingerprint density at radius 3 is 2.33 bits per heavy atom. The number of Topliss-reactive ketones (excluding diaryl/α,β-unsaturated/α-hetero) is 1. The Bertz CT molecular complexity index is 1050. The first-order valence-electron chi connectivity index (χ1n) is 10.7. The van der Waals surface area contributed by atoms with Crippen molar-refractivity contribution in [3.63, 3.8) is 0 Å². The van der Waals surface area contributed by atoms with E-state index in [4.69, 9.17) is 21.1 Å². The van der Waals surface area contributed by atoms with Gasteiger partial charge in [-0.05, 0) is 36.9 Å². The highest BCUT2D eigenvalue weighted by Gasteiger charge is 2.46. The number of ketones is 1. The quantitative estimate of drug-likeness (QED) is 0.338. The molecule has 1 saturated heterocycles. The maximum atomic E-state index is 13.2. The fourth-order valence-electron chi connectivity index (χ4n) is 3.98. The van der Waals surface area contributed by atoms with Gasteiger partial charge in [0.2, 0.25) is 0 Å². The molecular weight excluding hydrogens is 446 g/mol. The fraction of sp³-hybridized carbons (Fsp3) is 0.375. The fourth-order valence-corrected chi connectivity index (χ4v) is 4.22. The number of ether oxygens (including phenoxy) is 2. The molecule has 1 atom stereocenters. The smallest absolute Gasteiger partial charge is 0.295 e. The van der Waals surface area contributed by atoms with Gasteiger partial charge in [-0.15, -0.1) is 0 Å². The van der Waals surface area contributed by atoms with E-state index < -0.39 is 17.7 Å². The van der Waals surface area contributed by atoms with Crippen LogP contribution in [0, 0.1) is 0 Å². The number of amides is 1. The summed E-state index contributed by atoms with van der Waals surface area (Å²) in [6, 6.07) is 5.67. The van der Waals surface area contributed by atoms with Crippen molar-refractivity contribution < 1.29 is 24.2 Å². The number of likely N-dealkylation sites (N-methyl/N-ethyl adjacent to an activating group) is 1. The summed E-state index contributed by atoms with van der Waals surface area (Å²) in [7, 11) is 2.90. The Morgan fingerprint density at radius 1 is 1.12 bits per heavy atom. The summed E-state index contributed by atoms with van der Waals surface area (Å²) >= 11 is 6.28. The molecule has 1 aromatic carbocycles. The SMILES string of the molecule is CCN(CC)CCN1C(=O)C(=O)/C(=C(/O)c2cc(Cl)c(OC)cc2OC)C1c1ccncc1. The van der Waals surface area contributed by atoms with Gasteiger partial charge in [-0.1, -0.05) is 25.4 Å². The molecule has 1 N–H and O–H groups in total. The van der Waals surface area contributed by atoms with Crippen LogP contribution in [0.2, 0.25) is 5.02 Å². The van der Waals surface area contributed by atoms with E-state index in [1.54, 1.807) is 24.5 Å². The number of rotatable bonds is 9. The molecule has 0 saturated carbocycles. The third-order valence-corrected chi connectivity index (χ3v) is 6.14. The van der Waals surface area contributed by atoms with Crippen LogP contribution in [0.1, 0.15) is 31.0 Å². The molecule has 0 aliphatic carbocycles. The zero-order chi connectivity index (χ0) is 24.1. The van der Waals surface area contributed by atoms with E-state index in [0.29, 0.717) is 24.4 Å². The maximum Gasteiger partial charge on any atom is 0.295 e. The van der Waals surface area contributed by atoms with E-state index >= 15 is 0 Å². The van der Waals surface area contributed by atoms with E-state index in [0.717, 1.165) is 13.1 Å². The molecule has 1 aliphatic heterocycles. The number of carbonyl (C=O) groups excluding carboxylic acids is 2. The minimum atomic E-state index is -0.769. The van der Waals surface area contributed by atoms with Crippen molar-refractivity contribution in [1.29, 1.82) is 0 Å². The van der Waals surface area contributed by atoms with Gasteiger partial charge < -0.3 is 24.4 Å². The number of aliphatic hydroxyl groups is 1. The molecule has 0 radical (unpaired) electrons. The van der Waals surface area contributed by atoms with Crippen LogP contribution in [0.3, 0.4) is 0 Å². The van der Waals surface area contributed by atoms with Gasteiger partial charge in [0.25, 0.3) is 11.7 Å². The molecule has 9 heteroatoms. The van der Waals surface area contributed by atoms with E-state index in [1.807, 2.05) is 13.8 Å². The topological polar surface area (TPSA) is 92.2 Å². The molecule has 1 amide bonds. The van der Waals surface area contributed by atoms with Crippen LogP contribution in [0.15, 0.2) is 42.2 Å². The number of carbonyl (C=O) groups is 2. The molecule has 33 heavy (non-hydrogen) atoms. The molecule has 1 fully saturated rings. The van der Waals surface area contributed by atoms with E-state index in [9.17, 15) is 14.7 Å². The van der Waals surface area contributed by atoms with Crippen LogP contribution in [0.4, 0.5) is 0 Å². The minimum Gasteiger partial charge on any atom is -0.507 e. The lowest BCUT2D eigenvalue weighted by atomic mass is 9.95. The Morgan fingerprint density at radius 2 is 1.76 bits per heavy atom. The summed E-state index contributed by atoms with van der Waals surface area (Å²) in [5.74, 6) is -1.17. The summed E-state index contributed by atoms with van der Waals surface area (Å²) in [6.07, 6.45) is 3.18. The van der Waals surface area contributed by atoms with Crippen molar-refractivity contribution in [1.82, 2.24) is 14.8 Å². The second-order valence-electron chi connectivity index (χ2n) is 7.49. The molecule has 0 bridgehead atoms. The summed E-state index contributed by atoms with van der Waals surface area (Å²) in [6.45, 7) is 6.65. The number of methoxy groups -OCH3 is 2. The Balaban J connectivity index is 2.16. The first-order chi connectivity index (χ1) is 15.9. The largest absolute Gasteiger partial charge is 0.507 e. The molecule has 8 nitrogen and oxygen atoms in total. The van der Waals surface area contributed by atoms with Crippen molar-refractivity contribution in [2.45, 2.75) is 19.9 Å². The Labute approximate surface area is 198 Å². The molecule has 176 valence electrons. The number of halogens is 1. The van der Waals surface area contributed by atoms with Crippen LogP contribution >= 0.6 is 11.6 Å².